The van der Waals surface area contributed by atoms with Gasteiger partial charge in [0.2, 0.25) is 0 Å². The average Bonchev–Trinajstić information content (AvgIpc) is 3.40. The number of hydrogen-bond donors (Lipinski definition) is 2. The first-order valence-electron chi connectivity index (χ1n) is 14.0. The summed E-state index contributed by atoms with van der Waals surface area (Å²) in [5, 5.41) is 15.0. The topological polar surface area (TPSA) is 132 Å². The predicted molar refractivity (Wildman–Crippen MR) is 150 cm³/mol. The number of methoxy groups -OCH3 is 1. The van der Waals surface area contributed by atoms with Crippen molar-refractivity contribution in [2.24, 2.45) is 0 Å². The minimum absolute atomic E-state index is 0.0238. The zero-order valence-corrected chi connectivity index (χ0v) is 24.7. The molecule has 0 aliphatic carbocycles. The summed E-state index contributed by atoms with van der Waals surface area (Å²) in [7, 11) is 1.36. The first kappa shape index (κ1) is 30.3. The maximum Gasteiger partial charge on any atom is 0.416 e. The van der Waals surface area contributed by atoms with Crippen molar-refractivity contribution in [2.45, 2.75) is 63.8 Å². The normalized spacial score (nSPS) is 22.0. The molecule has 5 heterocycles. The lowest BCUT2D eigenvalue weighted by atomic mass is 9.94. The Balaban J connectivity index is 1.33. The Morgan fingerprint density at radius 2 is 2.02 bits per heavy atom. The lowest BCUT2D eigenvalue weighted by Gasteiger charge is -2.31. The van der Waals surface area contributed by atoms with Crippen LogP contribution in [0.2, 0.25) is 5.02 Å². The molecule has 2 unspecified atom stereocenters. The quantitative estimate of drug-likeness (QED) is 0.322. The molecule has 0 saturated carbocycles. The molecule has 0 spiro atoms. The maximum absolute atomic E-state index is 15.1. The highest BCUT2D eigenvalue weighted by Crippen LogP contribution is 2.43. The van der Waals surface area contributed by atoms with Gasteiger partial charge < -0.3 is 30.1 Å². The van der Waals surface area contributed by atoms with Crippen molar-refractivity contribution in [2.75, 3.05) is 37.4 Å². The third-order valence-electron chi connectivity index (χ3n) is 8.25. The largest absolute Gasteiger partial charge is 0.467 e. The molecular weight excluding hydrogens is 610 g/mol. The Morgan fingerprint density at radius 3 is 2.70 bits per heavy atom. The monoisotopic (exact) mass is 639 g/mol. The van der Waals surface area contributed by atoms with Gasteiger partial charge in [-0.25, -0.2) is 4.39 Å². The third-order valence-corrected chi connectivity index (χ3v) is 8.65. The van der Waals surface area contributed by atoms with Crippen molar-refractivity contribution >= 4 is 29.0 Å². The molecule has 6 rings (SSSR count). The average molecular weight is 640 g/mol. The molecule has 3 aliphatic heterocycles. The van der Waals surface area contributed by atoms with Gasteiger partial charge in [-0.3, -0.25) is 9.48 Å². The van der Waals surface area contributed by atoms with Crippen LogP contribution >= 0.6 is 11.6 Å². The lowest BCUT2D eigenvalue weighted by molar-refractivity contribution is -0.140. The number of β-amino-alcohol motifs (C(OH)–C–C–N with tert-alkyl or cyclic N) is 1. The predicted octanol–water partition coefficient (Wildman–Crippen LogP) is 3.90. The summed E-state index contributed by atoms with van der Waals surface area (Å²) in [4.78, 5) is 25.6. The van der Waals surface area contributed by atoms with Crippen LogP contribution in [0.3, 0.4) is 0 Å². The van der Waals surface area contributed by atoms with E-state index in [0.717, 1.165) is 12.1 Å². The first-order chi connectivity index (χ1) is 20.8. The van der Waals surface area contributed by atoms with Crippen molar-refractivity contribution in [3.05, 3.63) is 56.7 Å². The summed E-state index contributed by atoms with van der Waals surface area (Å²) in [5.74, 6) is -1.14. The van der Waals surface area contributed by atoms with Gasteiger partial charge in [0.05, 0.1) is 59.6 Å². The van der Waals surface area contributed by atoms with Gasteiger partial charge in [-0.1, -0.05) is 11.6 Å². The van der Waals surface area contributed by atoms with Crippen LogP contribution in [0.4, 0.5) is 29.1 Å². The molecule has 3 N–H and O–H groups in total. The van der Waals surface area contributed by atoms with Crippen molar-refractivity contribution in [3.63, 3.8) is 0 Å². The number of carbonyl (C=O) groups excluding carboxylic acids is 1. The van der Waals surface area contributed by atoms with Gasteiger partial charge in [-0.05, 0) is 31.9 Å². The fraction of sp³-hybridized carbons (Fsp3) is 0.500. The highest BCUT2D eigenvalue weighted by atomic mass is 35.5. The number of anilines is 2. The molecule has 16 heteroatoms. The Bertz CT molecular complexity index is 1630. The summed E-state index contributed by atoms with van der Waals surface area (Å²) < 4.78 is 69.4. The van der Waals surface area contributed by atoms with Crippen LogP contribution in [0, 0.1) is 5.82 Å². The van der Waals surface area contributed by atoms with E-state index in [0.29, 0.717) is 55.2 Å². The molecule has 1 aromatic carbocycles. The van der Waals surface area contributed by atoms with Gasteiger partial charge in [-0.15, -0.1) is 0 Å². The van der Waals surface area contributed by atoms with E-state index in [-0.39, 0.29) is 48.8 Å². The van der Waals surface area contributed by atoms with Gasteiger partial charge >= 0.3 is 12.2 Å². The summed E-state index contributed by atoms with van der Waals surface area (Å²) in [6.07, 6.45) is -5.28. The number of aromatic nitrogens is 4. The Kier molecular flexibility index (Phi) is 7.61. The number of alkyl halides is 3. The standard InChI is InChI=1S/C28H30ClF4N7O4/c1-27(42)6-9-39(13-27)25(41)23-21(29)18-11-38(7-3-8-40(18)37-23)24-14-12-44-19(10-17(14)35-26(36-24)43-2)20-15(28(31,32)33)4-5-16(34)22(20)30/h4-5,19,42H,3,6-13,34H2,1-2H3. The van der Waals surface area contributed by atoms with Gasteiger partial charge in [0.15, 0.2) is 11.5 Å². The molecule has 1 saturated heterocycles. The minimum Gasteiger partial charge on any atom is -0.467 e. The van der Waals surface area contributed by atoms with Crippen molar-refractivity contribution in [1.82, 2.24) is 24.6 Å². The fourth-order valence-electron chi connectivity index (χ4n) is 6.01. The third kappa shape index (κ3) is 5.41. The molecule has 2 aromatic heterocycles. The van der Waals surface area contributed by atoms with Crippen LogP contribution in [-0.4, -0.2) is 68.0 Å². The second kappa shape index (κ2) is 11.0. The van der Waals surface area contributed by atoms with E-state index in [9.17, 15) is 23.1 Å². The van der Waals surface area contributed by atoms with Crippen LogP contribution in [0.1, 0.15) is 64.4 Å². The summed E-state index contributed by atoms with van der Waals surface area (Å²) in [6.45, 7) is 3.20. The van der Waals surface area contributed by atoms with Gasteiger partial charge in [0.25, 0.3) is 5.91 Å². The number of fused-ring (bicyclic) bond motifs is 2. The van der Waals surface area contributed by atoms with E-state index in [1.807, 2.05) is 4.90 Å². The molecular formula is C28H30ClF4N7O4. The van der Waals surface area contributed by atoms with Crippen molar-refractivity contribution in [3.8, 4) is 6.01 Å². The smallest absolute Gasteiger partial charge is 0.416 e. The zero-order chi connectivity index (χ0) is 31.6. The molecule has 3 aromatic rings. The number of nitrogens with two attached hydrogens (primary N) is 1. The minimum atomic E-state index is -4.83. The number of benzene rings is 1. The molecule has 1 fully saturated rings. The molecule has 236 valence electrons. The Labute approximate surface area is 254 Å². The molecule has 0 radical (unpaired) electrons. The van der Waals surface area contributed by atoms with Crippen molar-refractivity contribution < 1.29 is 36.9 Å². The van der Waals surface area contributed by atoms with E-state index in [1.54, 1.807) is 11.6 Å². The van der Waals surface area contributed by atoms with E-state index in [4.69, 9.17) is 26.8 Å². The summed E-state index contributed by atoms with van der Waals surface area (Å²) in [6, 6.07) is 1.60. The van der Waals surface area contributed by atoms with Crippen LogP contribution in [0.15, 0.2) is 12.1 Å². The SMILES string of the molecule is COc1nc2c(c(N3CCCn4nc(C(=O)N5CCC(C)(O)C5)c(Cl)c4C3)n1)COC(c1c(C(F)(F)F)ccc(N)c1F)C2. The van der Waals surface area contributed by atoms with Crippen molar-refractivity contribution in [1.29, 1.82) is 0 Å². The fourth-order valence-corrected chi connectivity index (χ4v) is 6.28. The summed E-state index contributed by atoms with van der Waals surface area (Å²) >= 11 is 6.74. The van der Waals surface area contributed by atoms with E-state index in [1.165, 1.54) is 12.0 Å². The molecule has 44 heavy (non-hydrogen) atoms. The van der Waals surface area contributed by atoms with Crippen LogP contribution in [-0.2, 0) is 37.0 Å². The molecule has 3 aliphatic rings. The molecule has 2 atom stereocenters. The van der Waals surface area contributed by atoms with Gasteiger partial charge in [0, 0.05) is 43.7 Å². The first-order valence-corrected chi connectivity index (χ1v) is 14.4. The lowest BCUT2D eigenvalue weighted by Crippen LogP contribution is -2.34. The number of aryl methyl sites for hydroxylation is 1. The number of likely N-dealkylation sites (tertiary alicyclic amines) is 1. The molecule has 11 nitrogen and oxygen atoms in total. The summed E-state index contributed by atoms with van der Waals surface area (Å²) in [5.41, 5.74) is 3.92. The Hall–Kier alpha value is -3.69. The highest BCUT2D eigenvalue weighted by Gasteiger charge is 2.41. The number of amides is 1. The number of halogens is 5. The van der Waals surface area contributed by atoms with E-state index >= 15 is 4.39 Å². The number of nitrogens with zero attached hydrogens (tertiary/aromatic N) is 6. The van der Waals surface area contributed by atoms with Crippen LogP contribution < -0.4 is 15.4 Å². The number of rotatable bonds is 4. The van der Waals surface area contributed by atoms with Gasteiger partial charge in [0.1, 0.15) is 5.82 Å². The highest BCUT2D eigenvalue weighted by molar-refractivity contribution is 6.34. The van der Waals surface area contributed by atoms with Gasteiger partial charge in [-0.2, -0.15) is 28.2 Å². The van der Waals surface area contributed by atoms with E-state index < -0.39 is 40.5 Å². The number of ether oxygens (including phenoxy) is 2. The van der Waals surface area contributed by atoms with Crippen LogP contribution in [0.25, 0.3) is 0 Å². The van der Waals surface area contributed by atoms with Crippen LogP contribution in [0.5, 0.6) is 6.01 Å². The van der Waals surface area contributed by atoms with E-state index in [2.05, 4.69) is 15.1 Å². The number of hydrogen-bond acceptors (Lipinski definition) is 9. The second-order valence-electron chi connectivity index (χ2n) is 11.5. The molecule has 0 bridgehead atoms. The Morgan fingerprint density at radius 1 is 1.25 bits per heavy atom. The maximum atomic E-state index is 15.1. The number of carbonyl (C=O) groups is 1. The number of aliphatic hydroxyl groups is 1. The number of nitrogen functional groups attached to an aromatic ring is 1. The molecule has 1 amide bonds. The second-order valence-corrected chi connectivity index (χ2v) is 11.8. The zero-order valence-electron chi connectivity index (χ0n) is 23.9.